The summed E-state index contributed by atoms with van der Waals surface area (Å²) in [5.74, 6) is 5.03. The van der Waals surface area contributed by atoms with Gasteiger partial charge in [0.25, 0.3) is 0 Å². The Kier molecular flexibility index (Phi) is 5.27. The molecule has 1 atom stereocenters. The van der Waals surface area contributed by atoms with Crippen molar-refractivity contribution >= 4 is 15.9 Å². The summed E-state index contributed by atoms with van der Waals surface area (Å²) < 4.78 is 33.1. The normalized spacial score (nSPS) is 12.2. The highest BCUT2D eigenvalue weighted by molar-refractivity contribution is 9.10. The first-order valence-corrected chi connectivity index (χ1v) is 7.08. The predicted octanol–water partition coefficient (Wildman–Crippen LogP) is 3.48. The van der Waals surface area contributed by atoms with E-state index >= 15 is 0 Å². The second kappa shape index (κ2) is 6.98. The van der Waals surface area contributed by atoms with Gasteiger partial charge in [0, 0.05) is 5.56 Å². The minimum absolute atomic E-state index is 0.0110. The molecule has 0 aliphatic rings. The Morgan fingerprint density at radius 2 is 1.86 bits per heavy atom. The number of nitrogens with one attached hydrogen (secondary N) is 1. The average molecular weight is 357 g/mol. The summed E-state index contributed by atoms with van der Waals surface area (Å²) in [6, 6.07) is 9.31. The van der Waals surface area contributed by atoms with Crippen molar-refractivity contribution < 1.29 is 13.5 Å². The maximum Gasteiger partial charge on any atom is 0.143 e. The first-order chi connectivity index (χ1) is 10.1. The van der Waals surface area contributed by atoms with E-state index < -0.39 is 17.7 Å². The first-order valence-electron chi connectivity index (χ1n) is 6.29. The molecule has 2 aromatic carbocycles. The van der Waals surface area contributed by atoms with Gasteiger partial charge in [0.1, 0.15) is 17.4 Å². The van der Waals surface area contributed by atoms with Gasteiger partial charge in [-0.25, -0.2) is 8.78 Å². The van der Waals surface area contributed by atoms with E-state index in [4.69, 9.17) is 10.6 Å². The van der Waals surface area contributed by atoms with Crippen LogP contribution in [0.25, 0.3) is 0 Å². The molecule has 3 nitrogen and oxygen atoms in total. The molecule has 21 heavy (non-hydrogen) atoms. The van der Waals surface area contributed by atoms with E-state index in [1.54, 1.807) is 31.4 Å². The van der Waals surface area contributed by atoms with Crippen LogP contribution >= 0.6 is 15.9 Å². The van der Waals surface area contributed by atoms with Crippen molar-refractivity contribution in [3.63, 3.8) is 0 Å². The molecule has 0 saturated heterocycles. The molecule has 0 aliphatic heterocycles. The van der Waals surface area contributed by atoms with Crippen LogP contribution in [0.15, 0.2) is 40.9 Å². The van der Waals surface area contributed by atoms with Gasteiger partial charge in [0.2, 0.25) is 0 Å². The van der Waals surface area contributed by atoms with Gasteiger partial charge in [-0.05, 0) is 52.2 Å². The first kappa shape index (κ1) is 15.9. The van der Waals surface area contributed by atoms with Crippen LogP contribution in [-0.4, -0.2) is 7.11 Å². The molecule has 0 saturated carbocycles. The third-order valence-electron chi connectivity index (χ3n) is 3.27. The topological polar surface area (TPSA) is 47.3 Å². The number of hydrogen-bond donors (Lipinski definition) is 2. The molecule has 0 spiro atoms. The maximum absolute atomic E-state index is 14.0. The molecule has 0 fully saturated rings. The second-order valence-corrected chi connectivity index (χ2v) is 5.37. The Labute approximate surface area is 130 Å². The van der Waals surface area contributed by atoms with Gasteiger partial charge in [0.15, 0.2) is 0 Å². The molecule has 2 rings (SSSR count). The fraction of sp³-hybridized carbons (Fsp3) is 0.200. The maximum atomic E-state index is 14.0. The lowest BCUT2D eigenvalue weighted by Crippen LogP contribution is -2.30. The van der Waals surface area contributed by atoms with Gasteiger partial charge < -0.3 is 4.74 Å². The third kappa shape index (κ3) is 3.58. The fourth-order valence-corrected chi connectivity index (χ4v) is 2.44. The highest BCUT2D eigenvalue weighted by atomic mass is 79.9. The minimum atomic E-state index is -0.608. The number of halogens is 3. The smallest absolute Gasteiger partial charge is 0.143 e. The molecule has 0 bridgehead atoms. The van der Waals surface area contributed by atoms with Crippen LogP contribution in [0.1, 0.15) is 17.2 Å². The summed E-state index contributed by atoms with van der Waals surface area (Å²) in [6.45, 7) is 0. The van der Waals surface area contributed by atoms with E-state index in [2.05, 4.69) is 21.4 Å². The molecule has 3 N–H and O–H groups in total. The third-order valence-corrected chi connectivity index (χ3v) is 3.88. The van der Waals surface area contributed by atoms with Crippen LogP contribution in [0.2, 0.25) is 0 Å². The molecule has 0 aliphatic carbocycles. The van der Waals surface area contributed by atoms with Crippen molar-refractivity contribution in [1.29, 1.82) is 0 Å². The van der Waals surface area contributed by atoms with E-state index in [-0.39, 0.29) is 16.5 Å². The van der Waals surface area contributed by atoms with E-state index in [1.165, 1.54) is 12.1 Å². The molecule has 0 radical (unpaired) electrons. The molecule has 2 aromatic rings. The zero-order valence-electron chi connectivity index (χ0n) is 11.4. The lowest BCUT2D eigenvalue weighted by atomic mass is 9.98. The standard InChI is InChI=1S/C15H15BrF2N2O/c1-21-10-4-2-9(3-5-10)14(20-19)8-11-13(17)7-6-12(16)15(11)18/h2-7,14,20H,8,19H2,1H3. The summed E-state index contributed by atoms with van der Waals surface area (Å²) in [7, 11) is 1.57. The van der Waals surface area contributed by atoms with Gasteiger partial charge in [0.05, 0.1) is 17.6 Å². The van der Waals surface area contributed by atoms with Gasteiger partial charge in [-0.1, -0.05) is 12.1 Å². The fourth-order valence-electron chi connectivity index (χ4n) is 2.07. The van der Waals surface area contributed by atoms with Crippen molar-refractivity contribution in [3.8, 4) is 5.75 Å². The zero-order valence-corrected chi connectivity index (χ0v) is 13.0. The summed E-state index contributed by atoms with van der Waals surface area (Å²) in [5, 5.41) is 0. The number of nitrogens with two attached hydrogens (primary N) is 1. The number of hydrogen-bond acceptors (Lipinski definition) is 3. The van der Waals surface area contributed by atoms with E-state index in [0.717, 1.165) is 5.56 Å². The van der Waals surface area contributed by atoms with Crippen LogP contribution in [0.5, 0.6) is 5.75 Å². The largest absolute Gasteiger partial charge is 0.497 e. The second-order valence-electron chi connectivity index (χ2n) is 4.52. The number of ether oxygens (including phenoxy) is 1. The van der Waals surface area contributed by atoms with Crippen molar-refractivity contribution in [3.05, 3.63) is 63.6 Å². The molecule has 112 valence electrons. The minimum Gasteiger partial charge on any atom is -0.497 e. The molecule has 0 amide bonds. The molecular weight excluding hydrogens is 342 g/mol. The Morgan fingerprint density at radius 3 is 2.43 bits per heavy atom. The number of benzene rings is 2. The van der Waals surface area contributed by atoms with E-state index in [0.29, 0.717) is 5.75 Å². The van der Waals surface area contributed by atoms with Crippen LogP contribution < -0.4 is 16.0 Å². The van der Waals surface area contributed by atoms with Crippen LogP contribution in [-0.2, 0) is 6.42 Å². The Bertz CT molecular complexity index is 620. The van der Waals surface area contributed by atoms with Gasteiger partial charge in [-0.3, -0.25) is 11.3 Å². The van der Waals surface area contributed by atoms with Gasteiger partial charge >= 0.3 is 0 Å². The predicted molar refractivity (Wildman–Crippen MR) is 80.8 cm³/mol. The molecule has 1 unspecified atom stereocenters. The summed E-state index contributed by atoms with van der Waals surface area (Å²) in [4.78, 5) is 0. The summed E-state index contributed by atoms with van der Waals surface area (Å²) in [6.07, 6.45) is 0.0972. The summed E-state index contributed by atoms with van der Waals surface area (Å²) in [5.41, 5.74) is 3.39. The van der Waals surface area contributed by atoms with Crippen molar-refractivity contribution in [2.24, 2.45) is 5.84 Å². The van der Waals surface area contributed by atoms with E-state index in [9.17, 15) is 8.78 Å². The number of methoxy groups -OCH3 is 1. The highest BCUT2D eigenvalue weighted by Crippen LogP contribution is 2.27. The Morgan fingerprint density at radius 1 is 1.19 bits per heavy atom. The quantitative estimate of drug-likeness (QED) is 0.489. The Balaban J connectivity index is 2.28. The lowest BCUT2D eigenvalue weighted by molar-refractivity contribution is 0.414. The van der Waals surface area contributed by atoms with Crippen molar-refractivity contribution in [2.45, 2.75) is 12.5 Å². The van der Waals surface area contributed by atoms with Crippen LogP contribution in [0.4, 0.5) is 8.78 Å². The SMILES string of the molecule is COc1ccc(C(Cc2c(F)ccc(Br)c2F)NN)cc1. The Hall–Kier alpha value is -1.50. The van der Waals surface area contributed by atoms with E-state index in [1.807, 2.05) is 0 Å². The molecular formula is C15H15BrF2N2O. The zero-order chi connectivity index (χ0) is 15.4. The van der Waals surface area contributed by atoms with Crippen molar-refractivity contribution in [1.82, 2.24) is 5.43 Å². The van der Waals surface area contributed by atoms with Gasteiger partial charge in [-0.15, -0.1) is 0 Å². The lowest BCUT2D eigenvalue weighted by Gasteiger charge is -2.18. The van der Waals surface area contributed by atoms with Crippen LogP contribution in [0.3, 0.4) is 0 Å². The van der Waals surface area contributed by atoms with Crippen molar-refractivity contribution in [2.75, 3.05) is 7.11 Å². The molecule has 0 heterocycles. The molecule has 0 aromatic heterocycles. The average Bonchev–Trinajstić information content (AvgIpc) is 2.52. The summed E-state index contributed by atoms with van der Waals surface area (Å²) >= 11 is 3.06. The van der Waals surface area contributed by atoms with Gasteiger partial charge in [-0.2, -0.15) is 0 Å². The number of hydrazine groups is 1. The van der Waals surface area contributed by atoms with Crippen LogP contribution in [0, 0.1) is 11.6 Å². The monoisotopic (exact) mass is 356 g/mol. The molecule has 6 heteroatoms. The highest BCUT2D eigenvalue weighted by Gasteiger charge is 2.18. The number of rotatable bonds is 5.